The molecule has 4 aromatic rings. The van der Waals surface area contributed by atoms with E-state index in [9.17, 15) is 14.4 Å². The first kappa shape index (κ1) is 22.6. The number of nitrogens with zero attached hydrogens (tertiary/aromatic N) is 2. The van der Waals surface area contributed by atoms with Crippen LogP contribution in [0.1, 0.15) is 49.2 Å². The van der Waals surface area contributed by atoms with E-state index in [0.29, 0.717) is 27.9 Å². The summed E-state index contributed by atoms with van der Waals surface area (Å²) >= 11 is 1.42. The van der Waals surface area contributed by atoms with Gasteiger partial charge in [-0.1, -0.05) is 50.2 Å². The fourth-order valence-corrected chi connectivity index (χ4v) is 4.76. The van der Waals surface area contributed by atoms with E-state index in [4.69, 9.17) is 0 Å². The Morgan fingerprint density at radius 2 is 1.88 bits per heavy atom. The summed E-state index contributed by atoms with van der Waals surface area (Å²) in [5.74, 6) is -0.411. The molecule has 4 rings (SSSR count). The zero-order valence-corrected chi connectivity index (χ0v) is 19.6. The largest absolute Gasteiger partial charge is 0.324 e. The monoisotopic (exact) mass is 459 g/mol. The van der Waals surface area contributed by atoms with Gasteiger partial charge in [0.15, 0.2) is 5.78 Å². The summed E-state index contributed by atoms with van der Waals surface area (Å²) in [6, 6.07) is 14.2. The molecule has 1 N–H and O–H groups in total. The number of aryl methyl sites for hydroxylation is 1. The van der Waals surface area contributed by atoms with Crippen molar-refractivity contribution in [2.45, 2.75) is 39.7 Å². The van der Waals surface area contributed by atoms with Crippen LogP contribution in [-0.4, -0.2) is 21.2 Å². The first-order valence-electron chi connectivity index (χ1n) is 10.9. The molecule has 0 bridgehead atoms. The Morgan fingerprint density at radius 1 is 1.12 bits per heavy atom. The van der Waals surface area contributed by atoms with Crippen LogP contribution < -0.4 is 10.9 Å². The lowest BCUT2D eigenvalue weighted by Gasteiger charge is -2.18. The third kappa shape index (κ3) is 4.50. The van der Waals surface area contributed by atoms with Crippen molar-refractivity contribution in [3.05, 3.63) is 81.7 Å². The highest BCUT2D eigenvalue weighted by atomic mass is 32.1. The molecule has 1 atom stereocenters. The second kappa shape index (κ2) is 9.50. The number of aromatic nitrogens is 2. The molecule has 0 saturated heterocycles. The molecular formula is C26H25N3O3S. The number of amides is 1. The predicted octanol–water partition coefficient (Wildman–Crippen LogP) is 5.48. The molecule has 2 aromatic heterocycles. The van der Waals surface area contributed by atoms with Gasteiger partial charge in [-0.25, -0.2) is 4.98 Å². The van der Waals surface area contributed by atoms with Crippen LogP contribution in [-0.2, 0) is 11.2 Å². The number of fused-ring (bicyclic) bond motifs is 1. The fourth-order valence-electron chi connectivity index (χ4n) is 3.85. The zero-order chi connectivity index (χ0) is 23.5. The maximum atomic E-state index is 13.5. The van der Waals surface area contributed by atoms with E-state index in [0.717, 1.165) is 17.5 Å². The lowest BCUT2D eigenvalue weighted by Crippen LogP contribution is -2.33. The molecule has 0 fully saturated rings. The number of Topliss-reactive ketones (excluding diaryl/α,β-unsaturated/α-hetero) is 1. The smallest absolute Gasteiger partial charge is 0.263 e. The number of thiophene rings is 1. The summed E-state index contributed by atoms with van der Waals surface area (Å²) in [5.41, 5.74) is 3.79. The average molecular weight is 460 g/mol. The Bertz CT molecular complexity index is 1390. The second-order valence-corrected chi connectivity index (χ2v) is 8.75. The average Bonchev–Trinajstić information content (AvgIpc) is 3.26. The first-order valence-corrected chi connectivity index (χ1v) is 11.8. The van der Waals surface area contributed by atoms with Crippen molar-refractivity contribution >= 4 is 38.9 Å². The number of ketones is 1. The quantitative estimate of drug-likeness (QED) is 0.371. The van der Waals surface area contributed by atoms with E-state index in [2.05, 4.69) is 29.4 Å². The highest BCUT2D eigenvalue weighted by Gasteiger charge is 2.23. The highest BCUT2D eigenvalue weighted by Crippen LogP contribution is 2.31. The Hall–Kier alpha value is -3.58. The molecule has 6 nitrogen and oxygen atoms in total. The van der Waals surface area contributed by atoms with E-state index in [1.54, 1.807) is 24.3 Å². The lowest BCUT2D eigenvalue weighted by molar-refractivity contribution is -0.119. The second-order valence-electron chi connectivity index (χ2n) is 7.89. The molecule has 1 unspecified atom stereocenters. The number of carbonyl (C=O) groups excluding carboxylic acids is 2. The zero-order valence-electron chi connectivity index (χ0n) is 18.8. The highest BCUT2D eigenvalue weighted by molar-refractivity contribution is 7.17. The molecule has 0 radical (unpaired) electrons. The summed E-state index contributed by atoms with van der Waals surface area (Å²) in [6.45, 7) is 5.43. The molecular weight excluding hydrogens is 434 g/mol. The van der Waals surface area contributed by atoms with Crippen LogP contribution in [0.2, 0.25) is 0 Å². The van der Waals surface area contributed by atoms with Gasteiger partial charge in [0.05, 0.1) is 11.7 Å². The summed E-state index contributed by atoms with van der Waals surface area (Å²) in [7, 11) is 0. The molecule has 33 heavy (non-hydrogen) atoms. The van der Waals surface area contributed by atoms with Gasteiger partial charge in [-0.15, -0.1) is 11.3 Å². The molecule has 0 aliphatic heterocycles. The Morgan fingerprint density at radius 3 is 2.55 bits per heavy atom. The number of hydrogen-bond donors (Lipinski definition) is 1. The normalized spacial score (nSPS) is 12.0. The van der Waals surface area contributed by atoms with Crippen molar-refractivity contribution in [1.82, 2.24) is 9.55 Å². The van der Waals surface area contributed by atoms with E-state index in [-0.39, 0.29) is 17.2 Å². The van der Waals surface area contributed by atoms with Crippen molar-refractivity contribution in [1.29, 1.82) is 0 Å². The minimum atomic E-state index is -0.731. The summed E-state index contributed by atoms with van der Waals surface area (Å²) in [6.07, 6.45) is 2.81. The van der Waals surface area contributed by atoms with E-state index >= 15 is 0 Å². The minimum absolute atomic E-state index is 0.0824. The van der Waals surface area contributed by atoms with Crippen molar-refractivity contribution in [2.24, 2.45) is 0 Å². The first-order chi connectivity index (χ1) is 15.9. The lowest BCUT2D eigenvalue weighted by atomic mass is 10.0. The van der Waals surface area contributed by atoms with Crippen LogP contribution in [0, 0.1) is 0 Å². The number of hydrogen-bond acceptors (Lipinski definition) is 5. The molecule has 1 amide bonds. The van der Waals surface area contributed by atoms with Crippen molar-refractivity contribution in [2.75, 3.05) is 5.32 Å². The molecule has 2 aromatic carbocycles. The standard InChI is InChI=1S/C26H25N3O3S/c1-4-17-9-11-18(12-10-17)21-14-33-25-23(21)26(32)29(15-27-25)22(5-2)24(31)28-20-8-6-7-19(13-20)16(3)30/h6-15,22H,4-5H2,1-3H3,(H,28,31). The van der Waals surface area contributed by atoms with Gasteiger partial charge in [-0.2, -0.15) is 0 Å². The van der Waals surface area contributed by atoms with Crippen LogP contribution in [0.5, 0.6) is 0 Å². The van der Waals surface area contributed by atoms with Crippen LogP contribution in [0.3, 0.4) is 0 Å². The maximum Gasteiger partial charge on any atom is 0.263 e. The molecule has 168 valence electrons. The van der Waals surface area contributed by atoms with E-state index in [1.807, 2.05) is 24.4 Å². The van der Waals surface area contributed by atoms with Gasteiger partial charge in [0.1, 0.15) is 10.9 Å². The molecule has 7 heteroatoms. The van der Waals surface area contributed by atoms with E-state index < -0.39 is 6.04 Å². The van der Waals surface area contributed by atoms with Crippen molar-refractivity contribution in [3.63, 3.8) is 0 Å². The predicted molar refractivity (Wildman–Crippen MR) is 133 cm³/mol. The molecule has 0 spiro atoms. The van der Waals surface area contributed by atoms with Gasteiger partial charge in [-0.05, 0) is 43.0 Å². The maximum absolute atomic E-state index is 13.5. The number of anilines is 1. The van der Waals surface area contributed by atoms with E-state index in [1.165, 1.54) is 34.7 Å². The molecule has 0 aliphatic carbocycles. The van der Waals surface area contributed by atoms with Gasteiger partial charge >= 0.3 is 0 Å². The van der Waals surface area contributed by atoms with Gasteiger partial charge < -0.3 is 5.32 Å². The van der Waals surface area contributed by atoms with Crippen LogP contribution in [0.15, 0.2) is 65.0 Å². The van der Waals surface area contributed by atoms with Gasteiger partial charge in [0, 0.05) is 22.2 Å². The Balaban J connectivity index is 1.71. The van der Waals surface area contributed by atoms with Crippen LogP contribution >= 0.6 is 11.3 Å². The third-order valence-electron chi connectivity index (χ3n) is 5.75. The SMILES string of the molecule is CCc1ccc(-c2csc3ncn(C(CC)C(=O)Nc4cccc(C(C)=O)c4)c(=O)c23)cc1. The van der Waals surface area contributed by atoms with Crippen LogP contribution in [0.25, 0.3) is 21.3 Å². The molecule has 2 heterocycles. The van der Waals surface area contributed by atoms with Gasteiger partial charge in [-0.3, -0.25) is 19.0 Å². The summed E-state index contributed by atoms with van der Waals surface area (Å²) in [4.78, 5) is 43.4. The fraction of sp³-hybridized carbons (Fsp3) is 0.231. The molecule has 0 aliphatic rings. The van der Waals surface area contributed by atoms with Crippen molar-refractivity contribution < 1.29 is 9.59 Å². The van der Waals surface area contributed by atoms with Crippen LogP contribution in [0.4, 0.5) is 5.69 Å². The Labute approximate surface area is 195 Å². The number of benzene rings is 2. The van der Waals surface area contributed by atoms with Gasteiger partial charge in [0.2, 0.25) is 5.91 Å². The van der Waals surface area contributed by atoms with Gasteiger partial charge in [0.25, 0.3) is 5.56 Å². The third-order valence-corrected chi connectivity index (χ3v) is 6.64. The number of nitrogens with one attached hydrogen (secondary N) is 1. The summed E-state index contributed by atoms with van der Waals surface area (Å²) < 4.78 is 1.41. The topological polar surface area (TPSA) is 81.1 Å². The summed E-state index contributed by atoms with van der Waals surface area (Å²) in [5, 5.41) is 5.31. The molecule has 0 saturated carbocycles. The number of rotatable bonds is 7. The minimum Gasteiger partial charge on any atom is -0.324 e. The van der Waals surface area contributed by atoms with Crippen molar-refractivity contribution in [3.8, 4) is 11.1 Å². The Kier molecular flexibility index (Phi) is 6.51. The number of carbonyl (C=O) groups is 2.